The molecule has 0 unspecified atom stereocenters. The lowest BCUT2D eigenvalue weighted by molar-refractivity contribution is -0.127. The van der Waals surface area contributed by atoms with Gasteiger partial charge < -0.3 is 10.2 Å². The van der Waals surface area contributed by atoms with Crippen LogP contribution in [0.4, 0.5) is 0 Å². The second kappa shape index (κ2) is 6.87. The molecule has 3 aromatic rings. The molecule has 2 aromatic heterocycles. The maximum Gasteiger partial charge on any atom is 0.273 e. The molecule has 27 heavy (non-hydrogen) atoms. The quantitative estimate of drug-likeness (QED) is 0.776. The van der Waals surface area contributed by atoms with Gasteiger partial charge >= 0.3 is 0 Å². The number of fused-ring (bicyclic) bond motifs is 1. The lowest BCUT2D eigenvalue weighted by Crippen LogP contribution is -2.58. The zero-order valence-corrected chi connectivity index (χ0v) is 15.5. The highest BCUT2D eigenvalue weighted by Crippen LogP contribution is 2.20. The van der Waals surface area contributed by atoms with Gasteiger partial charge in [0.2, 0.25) is 5.91 Å². The van der Waals surface area contributed by atoms with Crippen LogP contribution in [-0.2, 0) is 11.2 Å². The standard InChI is InChI=1S/C21H22N4O2/c1-14-8-9-18-23-15(2)19(25(18)13-14)21(27)24-11-10-22-20(26)17(24)12-16-6-4-3-5-7-16/h3-9,13,17H,10-12H2,1-2H3,(H,22,26)/t17-/m0/s1. The van der Waals surface area contributed by atoms with Crippen molar-refractivity contribution >= 4 is 17.5 Å². The molecule has 138 valence electrons. The van der Waals surface area contributed by atoms with Crippen molar-refractivity contribution in [1.29, 1.82) is 0 Å². The Labute approximate surface area is 157 Å². The number of carbonyl (C=O) groups excluding carboxylic acids is 2. The molecule has 1 aliphatic rings. The summed E-state index contributed by atoms with van der Waals surface area (Å²) in [4.78, 5) is 32.2. The van der Waals surface area contributed by atoms with Crippen LogP contribution in [0.25, 0.3) is 5.65 Å². The van der Waals surface area contributed by atoms with Crippen molar-refractivity contribution in [3.63, 3.8) is 0 Å². The summed E-state index contributed by atoms with van der Waals surface area (Å²) >= 11 is 0. The van der Waals surface area contributed by atoms with Gasteiger partial charge in [-0.2, -0.15) is 0 Å². The van der Waals surface area contributed by atoms with Crippen molar-refractivity contribution in [2.45, 2.75) is 26.3 Å². The Morgan fingerprint density at radius 2 is 1.96 bits per heavy atom. The molecule has 1 N–H and O–H groups in total. The van der Waals surface area contributed by atoms with Crippen LogP contribution in [0.1, 0.15) is 27.3 Å². The molecular weight excluding hydrogens is 340 g/mol. The minimum absolute atomic E-state index is 0.110. The van der Waals surface area contributed by atoms with E-state index in [1.165, 1.54) is 0 Å². The van der Waals surface area contributed by atoms with Crippen molar-refractivity contribution in [3.8, 4) is 0 Å². The van der Waals surface area contributed by atoms with Crippen LogP contribution in [0.15, 0.2) is 48.7 Å². The molecule has 1 saturated heterocycles. The first kappa shape index (κ1) is 17.3. The zero-order chi connectivity index (χ0) is 19.0. The van der Waals surface area contributed by atoms with Crippen LogP contribution in [0.2, 0.25) is 0 Å². The van der Waals surface area contributed by atoms with E-state index in [2.05, 4.69) is 10.3 Å². The Hall–Kier alpha value is -3.15. The number of carbonyl (C=O) groups is 2. The Morgan fingerprint density at radius 3 is 2.74 bits per heavy atom. The minimum atomic E-state index is -0.525. The van der Waals surface area contributed by atoms with Crippen molar-refractivity contribution in [3.05, 3.63) is 71.2 Å². The third kappa shape index (κ3) is 3.18. The van der Waals surface area contributed by atoms with E-state index in [1.807, 2.05) is 66.9 Å². The van der Waals surface area contributed by atoms with Crippen LogP contribution < -0.4 is 5.32 Å². The van der Waals surface area contributed by atoms with Gasteiger partial charge in [0.1, 0.15) is 17.4 Å². The summed E-state index contributed by atoms with van der Waals surface area (Å²) in [5.74, 6) is -0.262. The van der Waals surface area contributed by atoms with Gasteiger partial charge in [0, 0.05) is 25.7 Å². The van der Waals surface area contributed by atoms with E-state index in [0.29, 0.717) is 30.9 Å². The molecular formula is C21H22N4O2. The molecule has 0 saturated carbocycles. The highest BCUT2D eigenvalue weighted by atomic mass is 16.2. The summed E-state index contributed by atoms with van der Waals surface area (Å²) in [6.07, 6.45) is 2.41. The average Bonchev–Trinajstić information content (AvgIpc) is 2.98. The number of aromatic nitrogens is 2. The highest BCUT2D eigenvalue weighted by Gasteiger charge is 2.35. The number of nitrogens with one attached hydrogen (secondary N) is 1. The third-order valence-corrected chi connectivity index (χ3v) is 5.01. The fraction of sp³-hybridized carbons (Fsp3) is 0.286. The van der Waals surface area contributed by atoms with Crippen molar-refractivity contribution in [2.75, 3.05) is 13.1 Å². The predicted octanol–water partition coefficient (Wildman–Crippen LogP) is 2.13. The van der Waals surface area contributed by atoms with E-state index in [-0.39, 0.29) is 11.8 Å². The van der Waals surface area contributed by atoms with Crippen molar-refractivity contribution in [1.82, 2.24) is 19.6 Å². The van der Waals surface area contributed by atoms with E-state index in [1.54, 1.807) is 4.90 Å². The molecule has 0 aliphatic carbocycles. The lowest BCUT2D eigenvalue weighted by Gasteiger charge is -2.35. The van der Waals surface area contributed by atoms with Crippen LogP contribution >= 0.6 is 0 Å². The van der Waals surface area contributed by atoms with E-state index in [0.717, 1.165) is 16.8 Å². The Kier molecular flexibility index (Phi) is 4.39. The number of amides is 2. The van der Waals surface area contributed by atoms with E-state index in [4.69, 9.17) is 0 Å². The summed E-state index contributed by atoms with van der Waals surface area (Å²) in [6, 6.07) is 13.1. The molecule has 2 amide bonds. The molecule has 1 atom stereocenters. The number of hydrogen-bond acceptors (Lipinski definition) is 3. The Balaban J connectivity index is 1.72. The molecule has 0 radical (unpaired) electrons. The summed E-state index contributed by atoms with van der Waals surface area (Å²) < 4.78 is 1.83. The summed E-state index contributed by atoms with van der Waals surface area (Å²) in [7, 11) is 0. The lowest BCUT2D eigenvalue weighted by atomic mass is 10.0. The SMILES string of the molecule is Cc1ccc2nc(C)c(C(=O)N3CCNC(=O)[C@@H]3Cc3ccccc3)n2c1. The second-order valence-electron chi connectivity index (χ2n) is 6.98. The number of hydrogen-bond donors (Lipinski definition) is 1. The minimum Gasteiger partial charge on any atom is -0.353 e. The number of imidazole rings is 1. The molecule has 1 fully saturated rings. The van der Waals surface area contributed by atoms with E-state index >= 15 is 0 Å². The van der Waals surface area contributed by atoms with Gasteiger partial charge in [-0.1, -0.05) is 36.4 Å². The fourth-order valence-corrected chi connectivity index (χ4v) is 3.66. The second-order valence-corrected chi connectivity index (χ2v) is 6.98. The predicted molar refractivity (Wildman–Crippen MR) is 103 cm³/mol. The highest BCUT2D eigenvalue weighted by molar-refractivity contribution is 5.98. The summed E-state index contributed by atoms with van der Waals surface area (Å²) in [6.45, 7) is 4.77. The van der Waals surface area contributed by atoms with Gasteiger partial charge in [-0.15, -0.1) is 0 Å². The van der Waals surface area contributed by atoms with Gasteiger partial charge in [-0.25, -0.2) is 4.98 Å². The number of rotatable bonds is 3. The fourth-order valence-electron chi connectivity index (χ4n) is 3.66. The van der Waals surface area contributed by atoms with Gasteiger partial charge in [-0.3, -0.25) is 14.0 Å². The number of pyridine rings is 1. The van der Waals surface area contributed by atoms with Crippen LogP contribution in [0, 0.1) is 13.8 Å². The molecule has 3 heterocycles. The van der Waals surface area contributed by atoms with Crippen LogP contribution in [0.5, 0.6) is 0 Å². The number of piperazine rings is 1. The maximum atomic E-state index is 13.4. The maximum absolute atomic E-state index is 13.4. The first-order valence-electron chi connectivity index (χ1n) is 9.12. The van der Waals surface area contributed by atoms with Gasteiger partial charge in [-0.05, 0) is 31.0 Å². The number of nitrogens with zero attached hydrogens (tertiary/aromatic N) is 3. The zero-order valence-electron chi connectivity index (χ0n) is 15.5. The van der Waals surface area contributed by atoms with Gasteiger partial charge in [0.05, 0.1) is 5.69 Å². The Morgan fingerprint density at radius 1 is 1.19 bits per heavy atom. The van der Waals surface area contributed by atoms with Crippen LogP contribution in [0.3, 0.4) is 0 Å². The monoisotopic (exact) mass is 362 g/mol. The first-order chi connectivity index (χ1) is 13.0. The van der Waals surface area contributed by atoms with Crippen LogP contribution in [-0.4, -0.2) is 45.2 Å². The topological polar surface area (TPSA) is 66.7 Å². The summed E-state index contributed by atoms with van der Waals surface area (Å²) in [5, 5.41) is 2.89. The number of aryl methyl sites for hydroxylation is 2. The van der Waals surface area contributed by atoms with Crippen molar-refractivity contribution < 1.29 is 9.59 Å². The van der Waals surface area contributed by atoms with E-state index in [9.17, 15) is 9.59 Å². The number of benzene rings is 1. The van der Waals surface area contributed by atoms with Crippen molar-refractivity contribution in [2.24, 2.45) is 0 Å². The normalized spacial score (nSPS) is 17.2. The Bertz CT molecular complexity index is 1010. The molecule has 6 heteroatoms. The summed E-state index contributed by atoms with van der Waals surface area (Å²) in [5.41, 5.74) is 4.02. The molecule has 1 aliphatic heterocycles. The average molecular weight is 362 g/mol. The largest absolute Gasteiger partial charge is 0.353 e. The third-order valence-electron chi connectivity index (χ3n) is 5.01. The molecule has 4 rings (SSSR count). The van der Waals surface area contributed by atoms with Gasteiger partial charge in [0.15, 0.2) is 0 Å². The first-order valence-corrected chi connectivity index (χ1v) is 9.12. The van der Waals surface area contributed by atoms with Gasteiger partial charge in [0.25, 0.3) is 5.91 Å². The smallest absolute Gasteiger partial charge is 0.273 e. The molecule has 0 bridgehead atoms. The molecule has 6 nitrogen and oxygen atoms in total. The molecule has 0 spiro atoms. The molecule has 1 aromatic carbocycles. The van der Waals surface area contributed by atoms with E-state index < -0.39 is 6.04 Å².